The number of carbonyl (C=O) groups excluding carboxylic acids is 3. The van der Waals surface area contributed by atoms with Gasteiger partial charge in [-0.25, -0.2) is 4.90 Å². The number of amides is 2. The maximum Gasteiger partial charge on any atom is 0.325 e. The van der Waals surface area contributed by atoms with Crippen molar-refractivity contribution in [1.29, 1.82) is 0 Å². The van der Waals surface area contributed by atoms with E-state index in [0.29, 0.717) is 41.4 Å². The highest BCUT2D eigenvalue weighted by Gasteiger charge is 2.68. The molecule has 0 radical (unpaired) electrons. The van der Waals surface area contributed by atoms with Crippen molar-refractivity contribution in [3.05, 3.63) is 89.6 Å². The molecule has 4 atom stereocenters. The van der Waals surface area contributed by atoms with E-state index in [4.69, 9.17) is 9.47 Å². The van der Waals surface area contributed by atoms with Crippen LogP contribution >= 0.6 is 0 Å². The summed E-state index contributed by atoms with van der Waals surface area (Å²) < 4.78 is 11.4. The van der Waals surface area contributed by atoms with Crippen LogP contribution in [0.1, 0.15) is 34.5 Å². The van der Waals surface area contributed by atoms with E-state index in [2.05, 4.69) is 10.3 Å². The molecule has 0 saturated carbocycles. The van der Waals surface area contributed by atoms with Crippen molar-refractivity contribution in [3.63, 3.8) is 0 Å². The first-order valence-electron chi connectivity index (χ1n) is 13.7. The van der Waals surface area contributed by atoms with E-state index < -0.39 is 41.2 Å². The molecule has 212 valence electrons. The van der Waals surface area contributed by atoms with E-state index in [9.17, 15) is 24.3 Å². The fourth-order valence-electron chi connectivity index (χ4n) is 6.66. The van der Waals surface area contributed by atoms with Gasteiger partial charge in [0.2, 0.25) is 11.8 Å². The second-order valence-corrected chi connectivity index (χ2v) is 11.0. The van der Waals surface area contributed by atoms with Gasteiger partial charge in [-0.15, -0.1) is 0 Å². The molecule has 0 spiro atoms. The molecule has 42 heavy (non-hydrogen) atoms. The van der Waals surface area contributed by atoms with Gasteiger partial charge in [0.15, 0.2) is 17.3 Å². The van der Waals surface area contributed by atoms with Crippen LogP contribution in [0.5, 0.6) is 11.5 Å². The van der Waals surface area contributed by atoms with Crippen LogP contribution in [0.15, 0.2) is 72.9 Å². The van der Waals surface area contributed by atoms with Crippen LogP contribution in [-0.4, -0.2) is 52.4 Å². The number of aliphatic carboxylic acids is 1. The van der Waals surface area contributed by atoms with Gasteiger partial charge in [0.1, 0.15) is 18.8 Å². The summed E-state index contributed by atoms with van der Waals surface area (Å²) >= 11 is 0. The number of benzene rings is 3. The highest BCUT2D eigenvalue weighted by atomic mass is 16.6. The molecule has 2 amide bonds. The Morgan fingerprint density at radius 1 is 0.976 bits per heavy atom. The minimum atomic E-state index is -1.80. The Morgan fingerprint density at radius 3 is 2.45 bits per heavy atom. The van der Waals surface area contributed by atoms with Crippen LogP contribution in [-0.2, 0) is 20.8 Å². The third-order valence-electron chi connectivity index (χ3n) is 8.64. The maximum atomic E-state index is 14.2. The number of Topliss-reactive ketones (excluding diaryl/α,β-unsaturated/α-hetero) is 1. The van der Waals surface area contributed by atoms with E-state index >= 15 is 0 Å². The van der Waals surface area contributed by atoms with Gasteiger partial charge in [-0.2, -0.15) is 0 Å². The number of hydrogen-bond donors (Lipinski definition) is 3. The first kappa shape index (κ1) is 26.0. The van der Waals surface area contributed by atoms with E-state index in [0.717, 1.165) is 15.8 Å². The number of carbonyl (C=O) groups is 4. The lowest BCUT2D eigenvalue weighted by Crippen LogP contribution is -2.57. The topological polar surface area (TPSA) is 138 Å². The lowest BCUT2D eigenvalue weighted by Gasteiger charge is -2.31. The van der Waals surface area contributed by atoms with E-state index in [1.54, 1.807) is 48.7 Å². The molecule has 2 fully saturated rings. The minimum absolute atomic E-state index is 0.0370. The summed E-state index contributed by atoms with van der Waals surface area (Å²) in [5.74, 6) is -3.64. The average Bonchev–Trinajstić information content (AvgIpc) is 3.65. The largest absolute Gasteiger partial charge is 0.486 e. The summed E-state index contributed by atoms with van der Waals surface area (Å²) in [7, 11) is 0. The van der Waals surface area contributed by atoms with Crippen LogP contribution < -0.4 is 19.7 Å². The molecule has 4 unspecified atom stereocenters. The fourth-order valence-corrected chi connectivity index (χ4v) is 6.66. The number of nitrogens with zero attached hydrogens (tertiary/aromatic N) is 1. The van der Waals surface area contributed by atoms with Gasteiger partial charge in [-0.05, 0) is 60.5 Å². The van der Waals surface area contributed by atoms with Crippen LogP contribution in [0.25, 0.3) is 10.9 Å². The summed E-state index contributed by atoms with van der Waals surface area (Å²) in [6.07, 6.45) is 1.72. The number of rotatable bonds is 6. The lowest BCUT2D eigenvalue weighted by molar-refractivity contribution is -0.148. The number of para-hydroxylation sites is 1. The Bertz CT molecular complexity index is 1780. The summed E-state index contributed by atoms with van der Waals surface area (Å²) in [5, 5.41) is 15.0. The number of aromatic nitrogens is 1. The van der Waals surface area contributed by atoms with Crippen molar-refractivity contribution in [2.75, 3.05) is 18.1 Å². The van der Waals surface area contributed by atoms with E-state index in [1.807, 2.05) is 24.3 Å². The number of H-pyrrole nitrogens is 1. The summed E-state index contributed by atoms with van der Waals surface area (Å²) in [6, 6.07) is 18.2. The SMILES string of the molecule is CC(=O)c1ccc(N2C(=O)C3C(c4ccc5c(c4)OCCO5)NC(Cc4c[nH]c5ccccc45)(C(=O)O)C3C2=O)cc1. The molecule has 3 aliphatic heterocycles. The zero-order valence-electron chi connectivity index (χ0n) is 22.6. The second kappa shape index (κ2) is 9.56. The molecule has 3 aromatic carbocycles. The number of ether oxygens (including phenoxy) is 2. The van der Waals surface area contributed by atoms with Crippen molar-refractivity contribution in [3.8, 4) is 11.5 Å². The number of imide groups is 1. The highest BCUT2D eigenvalue weighted by molar-refractivity contribution is 6.24. The number of hydrogen-bond acceptors (Lipinski definition) is 7. The predicted molar refractivity (Wildman–Crippen MR) is 152 cm³/mol. The molecule has 2 saturated heterocycles. The van der Waals surface area contributed by atoms with Gasteiger partial charge < -0.3 is 19.6 Å². The zero-order chi connectivity index (χ0) is 29.2. The van der Waals surface area contributed by atoms with E-state index in [1.165, 1.54) is 6.92 Å². The minimum Gasteiger partial charge on any atom is -0.486 e. The van der Waals surface area contributed by atoms with Crippen molar-refractivity contribution >= 4 is 40.2 Å². The number of fused-ring (bicyclic) bond motifs is 3. The lowest BCUT2D eigenvalue weighted by atomic mass is 9.76. The van der Waals surface area contributed by atoms with Crippen molar-refractivity contribution in [2.45, 2.75) is 24.9 Å². The van der Waals surface area contributed by atoms with Gasteiger partial charge in [0, 0.05) is 35.1 Å². The predicted octanol–water partition coefficient (Wildman–Crippen LogP) is 3.66. The van der Waals surface area contributed by atoms with Crippen molar-refractivity contribution in [2.24, 2.45) is 11.8 Å². The Hall–Kier alpha value is -4.96. The number of aromatic amines is 1. The molecule has 0 bridgehead atoms. The van der Waals surface area contributed by atoms with Crippen molar-refractivity contribution < 1.29 is 33.8 Å². The average molecular weight is 566 g/mol. The Morgan fingerprint density at radius 2 is 1.71 bits per heavy atom. The maximum absolute atomic E-state index is 14.2. The smallest absolute Gasteiger partial charge is 0.325 e. The standard InChI is InChI=1S/C32H27N3O7/c1-17(36)18-6-9-21(10-7-18)35-29(37)26-27(30(35)38)32(31(39)40,15-20-16-33-23-5-3-2-4-22(20)23)34-28(26)19-8-11-24-25(14-19)42-13-12-41-24/h2-11,14,16,26-28,33-34H,12-13,15H2,1H3,(H,39,40). The van der Waals surface area contributed by atoms with Gasteiger partial charge in [-0.3, -0.25) is 24.5 Å². The molecule has 0 aliphatic carbocycles. The molecule has 1 aromatic heterocycles. The molecular formula is C32H27N3O7. The van der Waals surface area contributed by atoms with Crippen molar-refractivity contribution in [1.82, 2.24) is 10.3 Å². The zero-order valence-corrected chi connectivity index (χ0v) is 22.6. The third-order valence-corrected chi connectivity index (χ3v) is 8.64. The monoisotopic (exact) mass is 565 g/mol. The number of carboxylic acid groups (broad SMARTS) is 1. The quantitative estimate of drug-likeness (QED) is 0.238. The molecule has 7 rings (SSSR count). The number of carboxylic acids is 1. The van der Waals surface area contributed by atoms with Crippen LogP contribution in [0.2, 0.25) is 0 Å². The summed E-state index contributed by atoms with van der Waals surface area (Å²) in [4.78, 5) is 57.8. The summed E-state index contributed by atoms with van der Waals surface area (Å²) in [6.45, 7) is 2.21. The van der Waals surface area contributed by atoms with Crippen LogP contribution in [0, 0.1) is 11.8 Å². The highest BCUT2D eigenvalue weighted by Crippen LogP contribution is 2.52. The Kier molecular flexibility index (Phi) is 5.91. The molecule has 3 N–H and O–H groups in total. The summed E-state index contributed by atoms with van der Waals surface area (Å²) in [5.41, 5.74) is 1.10. The van der Waals surface area contributed by atoms with Gasteiger partial charge in [0.05, 0.1) is 17.5 Å². The molecular weight excluding hydrogens is 538 g/mol. The molecule has 4 heterocycles. The van der Waals surface area contributed by atoms with E-state index in [-0.39, 0.29) is 17.9 Å². The first-order chi connectivity index (χ1) is 20.3. The molecule has 4 aromatic rings. The van der Waals surface area contributed by atoms with Gasteiger partial charge in [-0.1, -0.05) is 24.3 Å². The molecule has 3 aliphatic rings. The number of anilines is 1. The number of nitrogens with one attached hydrogen (secondary N) is 2. The Balaban J connectivity index is 1.36. The van der Waals surface area contributed by atoms with Crippen LogP contribution in [0.3, 0.4) is 0 Å². The Labute approximate surface area is 240 Å². The van der Waals surface area contributed by atoms with Crippen LogP contribution in [0.4, 0.5) is 5.69 Å². The second-order valence-electron chi connectivity index (χ2n) is 11.0. The van der Waals surface area contributed by atoms with Gasteiger partial charge in [0.25, 0.3) is 0 Å². The first-order valence-corrected chi connectivity index (χ1v) is 13.7. The molecule has 10 nitrogen and oxygen atoms in total. The third kappa shape index (κ3) is 3.82. The fraction of sp³-hybridized carbons (Fsp3) is 0.250. The van der Waals surface area contributed by atoms with Gasteiger partial charge >= 0.3 is 5.97 Å². The number of ketones is 1. The molecule has 10 heteroatoms. The normalized spacial score (nSPS) is 24.7.